The van der Waals surface area contributed by atoms with Crippen LogP contribution in [0, 0.1) is 11.8 Å². The molecule has 0 radical (unpaired) electrons. The summed E-state index contributed by atoms with van der Waals surface area (Å²) in [5, 5.41) is 4.79. The van der Waals surface area contributed by atoms with Gasteiger partial charge in [0.25, 0.3) is 0 Å². The van der Waals surface area contributed by atoms with Crippen molar-refractivity contribution in [1.82, 2.24) is 15.2 Å². The maximum absolute atomic E-state index is 12.5. The molecule has 138 valence electrons. The van der Waals surface area contributed by atoms with Crippen molar-refractivity contribution in [2.75, 3.05) is 26.7 Å². The van der Waals surface area contributed by atoms with Crippen LogP contribution in [0.3, 0.4) is 0 Å². The fraction of sp³-hybridized carbons (Fsp3) is 0.733. The molecule has 2 rings (SSSR count). The molecule has 24 heavy (non-hydrogen) atoms. The first-order valence-electron chi connectivity index (χ1n) is 7.76. The van der Waals surface area contributed by atoms with Gasteiger partial charge in [0.15, 0.2) is 11.7 Å². The molecule has 1 saturated heterocycles. The lowest BCUT2D eigenvalue weighted by Gasteiger charge is -2.37. The lowest BCUT2D eigenvalue weighted by atomic mass is 9.92. The van der Waals surface area contributed by atoms with E-state index in [1.165, 1.54) is 6.42 Å². The third-order valence-corrected chi connectivity index (χ3v) is 4.75. The van der Waals surface area contributed by atoms with Gasteiger partial charge in [-0.25, -0.2) is 4.98 Å². The number of aliphatic imine (C=N–C) groups is 1. The minimum absolute atomic E-state index is 0. The van der Waals surface area contributed by atoms with Crippen LogP contribution in [-0.2, 0) is 12.6 Å². The van der Waals surface area contributed by atoms with Crippen molar-refractivity contribution >= 4 is 41.3 Å². The van der Waals surface area contributed by atoms with Crippen LogP contribution >= 0.6 is 35.3 Å². The first-order valence-corrected chi connectivity index (χ1v) is 8.64. The second-order valence-corrected chi connectivity index (χ2v) is 7.14. The van der Waals surface area contributed by atoms with Crippen molar-refractivity contribution < 1.29 is 13.2 Å². The number of hydrogen-bond donors (Lipinski definition) is 1. The topological polar surface area (TPSA) is 40.5 Å². The van der Waals surface area contributed by atoms with E-state index in [4.69, 9.17) is 0 Å². The van der Waals surface area contributed by atoms with Crippen molar-refractivity contribution in [2.45, 2.75) is 32.9 Å². The number of thiazole rings is 1. The standard InChI is InChI=1S/C15H23F3N4S.HI/c1-10-6-11(2)8-22(7-10)14(19-3)20-5-4-13-21-12(9-23-13)15(16,17)18;/h9-11H,4-8H2,1-3H3,(H,19,20);1H. The molecular formula is C15H24F3IN4S. The number of nitrogens with zero attached hydrogens (tertiary/aromatic N) is 3. The molecule has 1 fully saturated rings. The lowest BCUT2D eigenvalue weighted by molar-refractivity contribution is -0.140. The first-order chi connectivity index (χ1) is 10.8. The number of guanidine groups is 1. The highest BCUT2D eigenvalue weighted by atomic mass is 127. The van der Waals surface area contributed by atoms with Crippen LogP contribution in [-0.4, -0.2) is 42.5 Å². The predicted molar refractivity (Wildman–Crippen MR) is 102 cm³/mol. The predicted octanol–water partition coefficient (Wildman–Crippen LogP) is 3.88. The van der Waals surface area contributed by atoms with Crippen LogP contribution in [0.1, 0.15) is 31.0 Å². The molecule has 0 aromatic carbocycles. The summed E-state index contributed by atoms with van der Waals surface area (Å²) in [6, 6.07) is 0. The molecule has 0 amide bonds. The molecule has 0 aliphatic carbocycles. The number of piperidine rings is 1. The summed E-state index contributed by atoms with van der Waals surface area (Å²) < 4.78 is 37.6. The number of nitrogens with one attached hydrogen (secondary N) is 1. The van der Waals surface area contributed by atoms with Gasteiger partial charge in [-0.3, -0.25) is 4.99 Å². The van der Waals surface area contributed by atoms with Crippen LogP contribution in [0.4, 0.5) is 13.2 Å². The molecule has 0 bridgehead atoms. The number of alkyl halides is 3. The normalized spacial score (nSPS) is 22.2. The van der Waals surface area contributed by atoms with Gasteiger partial charge in [0.1, 0.15) is 0 Å². The Morgan fingerprint density at radius 1 is 1.38 bits per heavy atom. The Kier molecular flexibility index (Phi) is 8.24. The lowest BCUT2D eigenvalue weighted by Crippen LogP contribution is -2.48. The van der Waals surface area contributed by atoms with Crippen LogP contribution in [0.25, 0.3) is 0 Å². The summed E-state index contributed by atoms with van der Waals surface area (Å²) in [4.78, 5) is 10.2. The third-order valence-electron chi connectivity index (χ3n) is 3.84. The average molecular weight is 476 g/mol. The second-order valence-electron chi connectivity index (χ2n) is 6.20. The molecule has 0 saturated carbocycles. The molecule has 2 heterocycles. The van der Waals surface area contributed by atoms with Gasteiger partial charge in [-0.2, -0.15) is 13.2 Å². The molecule has 4 nitrogen and oxygen atoms in total. The fourth-order valence-corrected chi connectivity index (χ4v) is 3.81. The van der Waals surface area contributed by atoms with Gasteiger partial charge in [0, 0.05) is 38.5 Å². The molecule has 1 aliphatic heterocycles. The van der Waals surface area contributed by atoms with Gasteiger partial charge in [-0.05, 0) is 18.3 Å². The quantitative estimate of drug-likeness (QED) is 0.409. The molecule has 1 aromatic rings. The molecule has 1 aliphatic rings. The van der Waals surface area contributed by atoms with E-state index in [1.54, 1.807) is 7.05 Å². The van der Waals surface area contributed by atoms with Gasteiger partial charge in [0.05, 0.1) is 5.01 Å². The van der Waals surface area contributed by atoms with Gasteiger partial charge < -0.3 is 10.2 Å². The van der Waals surface area contributed by atoms with E-state index < -0.39 is 11.9 Å². The summed E-state index contributed by atoms with van der Waals surface area (Å²) in [6.45, 7) is 6.89. The molecular weight excluding hydrogens is 452 g/mol. The summed E-state index contributed by atoms with van der Waals surface area (Å²) >= 11 is 1.05. The van der Waals surface area contributed by atoms with Crippen molar-refractivity contribution in [3.63, 3.8) is 0 Å². The summed E-state index contributed by atoms with van der Waals surface area (Å²) in [5.41, 5.74) is -0.805. The van der Waals surface area contributed by atoms with Crippen LogP contribution in [0.2, 0.25) is 0 Å². The maximum Gasteiger partial charge on any atom is 0.434 e. The Hall–Kier alpha value is -0.580. The minimum Gasteiger partial charge on any atom is -0.356 e. The van der Waals surface area contributed by atoms with Gasteiger partial charge in [-0.15, -0.1) is 35.3 Å². The van der Waals surface area contributed by atoms with E-state index in [1.807, 2.05) is 0 Å². The average Bonchev–Trinajstić information content (AvgIpc) is 2.91. The SMILES string of the molecule is CN=C(NCCc1nc(C(F)(F)F)cs1)N1CC(C)CC(C)C1.I. The number of halogens is 4. The molecule has 2 unspecified atom stereocenters. The van der Waals surface area contributed by atoms with Crippen LogP contribution < -0.4 is 5.32 Å². The molecule has 1 aromatic heterocycles. The molecule has 0 spiro atoms. The van der Waals surface area contributed by atoms with Crippen molar-refractivity contribution in [1.29, 1.82) is 0 Å². The van der Waals surface area contributed by atoms with E-state index in [2.05, 4.69) is 34.0 Å². The van der Waals surface area contributed by atoms with E-state index in [-0.39, 0.29) is 24.0 Å². The number of rotatable bonds is 3. The number of hydrogen-bond acceptors (Lipinski definition) is 3. The van der Waals surface area contributed by atoms with Crippen molar-refractivity contribution in [3.8, 4) is 0 Å². The first kappa shape index (κ1) is 21.5. The summed E-state index contributed by atoms with van der Waals surface area (Å²) in [6.07, 6.45) is -2.69. The zero-order chi connectivity index (χ0) is 17.0. The Bertz CT molecular complexity index is 537. The Morgan fingerprint density at radius 2 is 2.00 bits per heavy atom. The molecule has 9 heteroatoms. The zero-order valence-corrected chi connectivity index (χ0v) is 17.2. The monoisotopic (exact) mass is 476 g/mol. The summed E-state index contributed by atoms with van der Waals surface area (Å²) in [5.74, 6) is 2.05. The Labute approximate surface area is 162 Å². The summed E-state index contributed by atoms with van der Waals surface area (Å²) in [7, 11) is 1.73. The Morgan fingerprint density at radius 3 is 2.50 bits per heavy atom. The highest BCUT2D eigenvalue weighted by Crippen LogP contribution is 2.30. The fourth-order valence-electron chi connectivity index (χ4n) is 3.01. The van der Waals surface area contributed by atoms with E-state index in [9.17, 15) is 13.2 Å². The highest BCUT2D eigenvalue weighted by Gasteiger charge is 2.33. The zero-order valence-electron chi connectivity index (χ0n) is 14.1. The van der Waals surface area contributed by atoms with Crippen LogP contribution in [0.5, 0.6) is 0 Å². The van der Waals surface area contributed by atoms with Gasteiger partial charge >= 0.3 is 6.18 Å². The maximum atomic E-state index is 12.5. The van der Waals surface area contributed by atoms with Gasteiger partial charge in [0.2, 0.25) is 0 Å². The smallest absolute Gasteiger partial charge is 0.356 e. The molecule has 2 atom stereocenters. The third kappa shape index (κ3) is 6.05. The number of aromatic nitrogens is 1. The highest BCUT2D eigenvalue weighted by molar-refractivity contribution is 14.0. The minimum atomic E-state index is -4.36. The van der Waals surface area contributed by atoms with Crippen molar-refractivity contribution in [3.05, 3.63) is 16.1 Å². The van der Waals surface area contributed by atoms with Crippen molar-refractivity contribution in [2.24, 2.45) is 16.8 Å². The van der Waals surface area contributed by atoms with Crippen LogP contribution in [0.15, 0.2) is 10.4 Å². The van der Waals surface area contributed by atoms with E-state index >= 15 is 0 Å². The van der Waals surface area contributed by atoms with E-state index in [0.29, 0.717) is 29.8 Å². The Balaban J connectivity index is 0.00000288. The molecule has 1 N–H and O–H groups in total. The van der Waals surface area contributed by atoms with E-state index in [0.717, 1.165) is 35.8 Å². The second kappa shape index (κ2) is 9.21. The number of likely N-dealkylation sites (tertiary alicyclic amines) is 1. The largest absolute Gasteiger partial charge is 0.434 e. The van der Waals surface area contributed by atoms with Gasteiger partial charge in [-0.1, -0.05) is 13.8 Å².